The zero-order valence-electron chi connectivity index (χ0n) is 12.6. The van der Waals surface area contributed by atoms with Crippen molar-refractivity contribution in [1.29, 1.82) is 0 Å². The third kappa shape index (κ3) is 3.96. The third-order valence-corrected chi connectivity index (χ3v) is 4.98. The molecule has 1 fully saturated rings. The fourth-order valence-electron chi connectivity index (χ4n) is 2.91. The highest BCUT2D eigenvalue weighted by molar-refractivity contribution is 9.10. The lowest BCUT2D eigenvalue weighted by Crippen LogP contribution is -2.36. The molecule has 3 nitrogen and oxygen atoms in total. The monoisotopic (exact) mass is 340 g/mol. The minimum Gasteiger partial charge on any atom is -0.508 e. The molecular weight excluding hydrogens is 316 g/mol. The number of benzene rings is 1. The molecule has 1 atom stereocenters. The Balaban J connectivity index is 1.97. The van der Waals surface area contributed by atoms with Gasteiger partial charge in [0, 0.05) is 22.6 Å². The second kappa shape index (κ2) is 6.92. The van der Waals surface area contributed by atoms with Crippen molar-refractivity contribution in [2.45, 2.75) is 25.8 Å². The number of likely N-dealkylation sites (tertiary alicyclic amines) is 1. The van der Waals surface area contributed by atoms with E-state index in [1.54, 1.807) is 6.07 Å². The van der Waals surface area contributed by atoms with E-state index in [0.29, 0.717) is 5.75 Å². The molecule has 0 spiro atoms. The molecule has 4 heteroatoms. The largest absolute Gasteiger partial charge is 0.508 e. The molecule has 2 rings (SSSR count). The molecule has 1 aromatic carbocycles. The van der Waals surface area contributed by atoms with Crippen molar-refractivity contribution in [1.82, 2.24) is 9.80 Å². The smallest absolute Gasteiger partial charge is 0.120 e. The molecule has 1 saturated heterocycles. The van der Waals surface area contributed by atoms with E-state index >= 15 is 0 Å². The maximum atomic E-state index is 10.0. The number of piperidine rings is 1. The van der Waals surface area contributed by atoms with Crippen LogP contribution in [0.3, 0.4) is 0 Å². The summed E-state index contributed by atoms with van der Waals surface area (Å²) in [5, 5.41) is 10.0. The van der Waals surface area contributed by atoms with Crippen LogP contribution in [-0.2, 0) is 0 Å². The fraction of sp³-hybridized carbons (Fsp3) is 0.625. The van der Waals surface area contributed by atoms with Crippen molar-refractivity contribution in [2.24, 2.45) is 5.92 Å². The first-order valence-electron chi connectivity index (χ1n) is 7.34. The SMILES string of the molecule is CC(c1cc(Br)ccc1O)N(C)CC1CCN(C)CC1. The second-order valence-corrected chi connectivity index (χ2v) is 6.98. The van der Waals surface area contributed by atoms with Crippen LogP contribution in [0.5, 0.6) is 5.75 Å². The summed E-state index contributed by atoms with van der Waals surface area (Å²) in [4.78, 5) is 4.76. The molecule has 1 aromatic rings. The molecule has 0 amide bonds. The molecular formula is C16H25BrN2O. The Morgan fingerprint density at radius 1 is 1.40 bits per heavy atom. The second-order valence-electron chi connectivity index (χ2n) is 6.07. The van der Waals surface area contributed by atoms with E-state index < -0.39 is 0 Å². The van der Waals surface area contributed by atoms with Crippen molar-refractivity contribution in [2.75, 3.05) is 33.7 Å². The molecule has 1 N–H and O–H groups in total. The standard InChI is InChI=1S/C16H25BrN2O/c1-12(15-10-14(17)4-5-16(15)20)19(3)11-13-6-8-18(2)9-7-13/h4-5,10,12-13,20H,6-9,11H2,1-3H3. The molecule has 20 heavy (non-hydrogen) atoms. The van der Waals surface area contributed by atoms with E-state index in [1.165, 1.54) is 25.9 Å². The zero-order valence-corrected chi connectivity index (χ0v) is 14.2. The minimum atomic E-state index is 0.229. The van der Waals surface area contributed by atoms with Crippen LogP contribution in [0.2, 0.25) is 0 Å². The van der Waals surface area contributed by atoms with Gasteiger partial charge in [-0.1, -0.05) is 15.9 Å². The van der Waals surface area contributed by atoms with Gasteiger partial charge >= 0.3 is 0 Å². The third-order valence-electron chi connectivity index (χ3n) is 4.49. The number of aromatic hydroxyl groups is 1. The van der Waals surface area contributed by atoms with Gasteiger partial charge in [0.1, 0.15) is 5.75 Å². The molecule has 0 aliphatic carbocycles. The summed E-state index contributed by atoms with van der Waals surface area (Å²) in [7, 11) is 4.35. The summed E-state index contributed by atoms with van der Waals surface area (Å²) < 4.78 is 1.02. The Labute approximate surface area is 130 Å². The van der Waals surface area contributed by atoms with Crippen LogP contribution in [0.1, 0.15) is 31.4 Å². The molecule has 1 unspecified atom stereocenters. The van der Waals surface area contributed by atoms with Crippen molar-refractivity contribution in [3.63, 3.8) is 0 Å². The van der Waals surface area contributed by atoms with E-state index in [9.17, 15) is 5.11 Å². The van der Waals surface area contributed by atoms with Crippen molar-refractivity contribution in [3.8, 4) is 5.75 Å². The van der Waals surface area contributed by atoms with E-state index in [-0.39, 0.29) is 6.04 Å². The van der Waals surface area contributed by atoms with E-state index in [4.69, 9.17) is 0 Å². The number of rotatable bonds is 4. The average Bonchev–Trinajstić information content (AvgIpc) is 2.43. The molecule has 1 heterocycles. The van der Waals surface area contributed by atoms with Gasteiger partial charge in [0.25, 0.3) is 0 Å². The van der Waals surface area contributed by atoms with E-state index in [0.717, 1.165) is 22.5 Å². The molecule has 0 bridgehead atoms. The van der Waals surface area contributed by atoms with Crippen LogP contribution >= 0.6 is 15.9 Å². The highest BCUT2D eigenvalue weighted by Gasteiger charge is 2.22. The van der Waals surface area contributed by atoms with Crippen molar-refractivity contribution < 1.29 is 5.11 Å². The summed E-state index contributed by atoms with van der Waals surface area (Å²) in [5.74, 6) is 1.16. The van der Waals surface area contributed by atoms with Crippen molar-refractivity contribution >= 4 is 15.9 Å². The number of nitrogens with zero attached hydrogens (tertiary/aromatic N) is 2. The number of phenols is 1. The lowest BCUT2D eigenvalue weighted by molar-refractivity contribution is 0.154. The van der Waals surface area contributed by atoms with Crippen LogP contribution in [0.25, 0.3) is 0 Å². The summed E-state index contributed by atoms with van der Waals surface area (Å²) in [6.07, 6.45) is 2.55. The van der Waals surface area contributed by atoms with Crippen LogP contribution < -0.4 is 0 Å². The number of hydrogen-bond donors (Lipinski definition) is 1. The van der Waals surface area contributed by atoms with Gasteiger partial charge in [-0.3, -0.25) is 4.90 Å². The maximum Gasteiger partial charge on any atom is 0.120 e. The Hall–Kier alpha value is -0.580. The molecule has 0 radical (unpaired) electrons. The van der Waals surface area contributed by atoms with Gasteiger partial charge in [0.2, 0.25) is 0 Å². The lowest BCUT2D eigenvalue weighted by Gasteiger charge is -2.34. The van der Waals surface area contributed by atoms with Crippen LogP contribution in [0.4, 0.5) is 0 Å². The van der Waals surface area contributed by atoms with Gasteiger partial charge in [-0.2, -0.15) is 0 Å². The molecule has 0 aromatic heterocycles. The van der Waals surface area contributed by atoms with Gasteiger partial charge in [0.05, 0.1) is 0 Å². The summed E-state index contributed by atoms with van der Waals surface area (Å²) in [6, 6.07) is 5.89. The Morgan fingerprint density at radius 2 is 2.05 bits per heavy atom. The normalized spacial score (nSPS) is 19.4. The molecule has 1 aliphatic rings. The number of phenolic OH excluding ortho intramolecular Hbond substituents is 1. The summed E-state index contributed by atoms with van der Waals surface area (Å²) in [6.45, 7) is 5.67. The first-order chi connectivity index (χ1) is 9.47. The van der Waals surface area contributed by atoms with Gasteiger partial charge in [-0.05, 0) is 71.1 Å². The molecule has 0 saturated carbocycles. The highest BCUT2D eigenvalue weighted by atomic mass is 79.9. The van der Waals surface area contributed by atoms with Gasteiger partial charge in [-0.25, -0.2) is 0 Å². The minimum absolute atomic E-state index is 0.229. The fourth-order valence-corrected chi connectivity index (χ4v) is 3.29. The maximum absolute atomic E-state index is 10.0. The van der Waals surface area contributed by atoms with E-state index in [1.807, 2.05) is 12.1 Å². The predicted octanol–water partition coefficient (Wildman–Crippen LogP) is 3.49. The highest BCUT2D eigenvalue weighted by Crippen LogP contribution is 2.31. The molecule has 112 valence electrons. The van der Waals surface area contributed by atoms with Gasteiger partial charge < -0.3 is 10.0 Å². The van der Waals surface area contributed by atoms with Crippen LogP contribution in [-0.4, -0.2) is 48.6 Å². The van der Waals surface area contributed by atoms with Gasteiger partial charge in [0.15, 0.2) is 0 Å². The summed E-state index contributed by atoms with van der Waals surface area (Å²) in [5.41, 5.74) is 0.995. The van der Waals surface area contributed by atoms with E-state index in [2.05, 4.69) is 46.7 Å². The number of hydrogen-bond acceptors (Lipinski definition) is 3. The summed E-state index contributed by atoms with van der Waals surface area (Å²) >= 11 is 3.48. The first kappa shape index (κ1) is 15.8. The van der Waals surface area contributed by atoms with Crippen molar-refractivity contribution in [3.05, 3.63) is 28.2 Å². The Kier molecular flexibility index (Phi) is 5.47. The number of halogens is 1. The van der Waals surface area contributed by atoms with Gasteiger partial charge in [-0.15, -0.1) is 0 Å². The predicted molar refractivity (Wildman–Crippen MR) is 87.1 cm³/mol. The van der Waals surface area contributed by atoms with Crippen LogP contribution in [0.15, 0.2) is 22.7 Å². The average molecular weight is 341 g/mol. The quantitative estimate of drug-likeness (QED) is 0.908. The topological polar surface area (TPSA) is 26.7 Å². The van der Waals surface area contributed by atoms with Crippen LogP contribution in [0, 0.1) is 5.92 Å². The molecule has 1 aliphatic heterocycles. The Bertz CT molecular complexity index is 444. The first-order valence-corrected chi connectivity index (χ1v) is 8.14. The lowest BCUT2D eigenvalue weighted by atomic mass is 9.95. The zero-order chi connectivity index (χ0) is 14.7. The Morgan fingerprint density at radius 3 is 2.70 bits per heavy atom.